The van der Waals surface area contributed by atoms with Gasteiger partial charge in [0.15, 0.2) is 0 Å². The van der Waals surface area contributed by atoms with Crippen molar-refractivity contribution < 1.29 is 5.11 Å². The minimum absolute atomic E-state index is 0.248. The van der Waals surface area contributed by atoms with Gasteiger partial charge in [0.05, 0.1) is 10.8 Å². The van der Waals surface area contributed by atoms with Crippen LogP contribution >= 0.6 is 0 Å². The second-order valence-electron chi connectivity index (χ2n) is 16.9. The molecule has 0 bridgehead atoms. The number of hydrogen-bond donors (Lipinski definition) is 1. The lowest BCUT2D eigenvalue weighted by atomic mass is 9.67. The summed E-state index contributed by atoms with van der Waals surface area (Å²) >= 11 is 0. The lowest BCUT2D eigenvalue weighted by Gasteiger charge is -2.36. The van der Waals surface area contributed by atoms with Gasteiger partial charge in [0.25, 0.3) is 0 Å². The first-order valence-electron chi connectivity index (χ1n) is 22.1. The average molecular weight is 818 g/mol. The molecule has 2 heteroatoms. The van der Waals surface area contributed by atoms with Crippen LogP contribution in [0.4, 0.5) is 17.1 Å². The van der Waals surface area contributed by atoms with E-state index in [9.17, 15) is 5.11 Å². The normalized spacial score (nSPS) is 15.1. The highest BCUT2D eigenvalue weighted by Gasteiger charge is 2.48. The summed E-state index contributed by atoms with van der Waals surface area (Å²) in [4.78, 5) is 2.44. The van der Waals surface area contributed by atoms with Crippen LogP contribution in [0.5, 0.6) is 5.75 Å². The molecule has 1 N–H and O–H groups in total. The summed E-state index contributed by atoms with van der Waals surface area (Å²) in [6.07, 6.45) is 0. The van der Waals surface area contributed by atoms with Gasteiger partial charge in [-0.25, -0.2) is 0 Å². The predicted molar refractivity (Wildman–Crippen MR) is 263 cm³/mol. The maximum atomic E-state index is 10.6. The Hall–Kier alpha value is -8.20. The Morgan fingerprint density at radius 1 is 0.266 bits per heavy atom. The number of rotatable bonds is 8. The molecule has 2 nitrogen and oxygen atoms in total. The first-order chi connectivity index (χ1) is 31.7. The van der Waals surface area contributed by atoms with Crippen LogP contribution in [0.3, 0.4) is 0 Å². The summed E-state index contributed by atoms with van der Waals surface area (Å²) in [5.41, 5.74) is 19.0. The van der Waals surface area contributed by atoms with Crippen LogP contribution in [0.15, 0.2) is 255 Å². The molecule has 0 aromatic heterocycles. The van der Waals surface area contributed by atoms with Gasteiger partial charge in [0, 0.05) is 17.1 Å². The fourth-order valence-corrected chi connectivity index (χ4v) is 11.0. The van der Waals surface area contributed by atoms with E-state index in [1.807, 2.05) is 12.1 Å². The van der Waals surface area contributed by atoms with Crippen molar-refractivity contribution in [2.75, 3.05) is 4.90 Å². The number of nitrogens with zero attached hydrogens (tertiary/aromatic N) is 1. The van der Waals surface area contributed by atoms with Gasteiger partial charge in [-0.05, 0) is 126 Å². The number of fused-ring (bicyclic) bond motifs is 6. The molecule has 10 aromatic rings. The molecular weight excluding hydrogens is 775 g/mol. The van der Waals surface area contributed by atoms with E-state index < -0.39 is 10.8 Å². The molecule has 0 saturated carbocycles. The van der Waals surface area contributed by atoms with E-state index in [0.717, 1.165) is 22.6 Å². The largest absolute Gasteiger partial charge is 0.508 e. The summed E-state index contributed by atoms with van der Waals surface area (Å²) in [7, 11) is 0. The molecule has 12 rings (SSSR count). The lowest BCUT2D eigenvalue weighted by Crippen LogP contribution is -2.29. The maximum Gasteiger partial charge on any atom is 0.115 e. The van der Waals surface area contributed by atoms with Crippen LogP contribution in [0, 0.1) is 0 Å². The number of aromatic hydroxyl groups is 1. The highest BCUT2D eigenvalue weighted by atomic mass is 16.3. The lowest BCUT2D eigenvalue weighted by molar-refractivity contribution is 0.475. The van der Waals surface area contributed by atoms with Gasteiger partial charge in [-0.1, -0.05) is 206 Å². The van der Waals surface area contributed by atoms with Gasteiger partial charge < -0.3 is 10.0 Å². The van der Waals surface area contributed by atoms with E-state index in [0.29, 0.717) is 0 Å². The van der Waals surface area contributed by atoms with E-state index in [1.165, 1.54) is 72.3 Å². The smallest absolute Gasteiger partial charge is 0.115 e. The van der Waals surface area contributed by atoms with Gasteiger partial charge in [-0.2, -0.15) is 0 Å². The van der Waals surface area contributed by atoms with Crippen LogP contribution in [0.25, 0.3) is 33.4 Å². The summed E-state index contributed by atoms with van der Waals surface area (Å²) in [6, 6.07) is 92.2. The zero-order valence-corrected chi connectivity index (χ0v) is 35.1. The number of benzene rings is 10. The molecule has 64 heavy (non-hydrogen) atoms. The van der Waals surface area contributed by atoms with Crippen molar-refractivity contribution in [3.63, 3.8) is 0 Å². The zero-order chi connectivity index (χ0) is 42.7. The minimum atomic E-state index is -0.644. The van der Waals surface area contributed by atoms with E-state index in [-0.39, 0.29) is 5.75 Å². The highest BCUT2D eigenvalue weighted by Crippen LogP contribution is 2.59. The van der Waals surface area contributed by atoms with Crippen molar-refractivity contribution in [2.24, 2.45) is 0 Å². The van der Waals surface area contributed by atoms with Gasteiger partial charge in [0.1, 0.15) is 5.75 Å². The molecular formula is C62H43NO. The molecule has 10 aromatic carbocycles. The Kier molecular flexibility index (Phi) is 8.81. The SMILES string of the molecule is Oc1ccc(C2(c3ccccc3)c3ccccc3-c3ccc(N(c4ccc(-c5ccccc5)cc4)c4ccc5c(c4)C(c4ccccc4)(c4ccccc4)c4ccccc4-5)cc32)cc1. The first-order valence-corrected chi connectivity index (χ1v) is 22.1. The summed E-state index contributed by atoms with van der Waals surface area (Å²) in [6.45, 7) is 0. The van der Waals surface area contributed by atoms with E-state index in [4.69, 9.17) is 0 Å². The van der Waals surface area contributed by atoms with Crippen LogP contribution in [0.2, 0.25) is 0 Å². The van der Waals surface area contributed by atoms with Gasteiger partial charge in [-0.3, -0.25) is 0 Å². The summed E-state index contributed by atoms with van der Waals surface area (Å²) in [5.74, 6) is 0.248. The van der Waals surface area contributed by atoms with Crippen molar-refractivity contribution in [2.45, 2.75) is 10.8 Å². The van der Waals surface area contributed by atoms with E-state index in [2.05, 4.69) is 248 Å². The Labute approximate surface area is 374 Å². The zero-order valence-electron chi connectivity index (χ0n) is 35.1. The Morgan fingerprint density at radius 3 is 1.06 bits per heavy atom. The molecule has 0 saturated heterocycles. The molecule has 1 atom stereocenters. The fraction of sp³-hybridized carbons (Fsp3) is 0.0323. The monoisotopic (exact) mass is 817 g/mol. The minimum Gasteiger partial charge on any atom is -0.508 e. The summed E-state index contributed by atoms with van der Waals surface area (Å²) < 4.78 is 0. The second kappa shape index (κ2) is 15.0. The van der Waals surface area contributed by atoms with Crippen molar-refractivity contribution in [1.29, 1.82) is 0 Å². The highest BCUT2D eigenvalue weighted by molar-refractivity contribution is 5.92. The molecule has 0 aliphatic heterocycles. The average Bonchev–Trinajstić information content (AvgIpc) is 3.83. The molecule has 2 aliphatic carbocycles. The topological polar surface area (TPSA) is 23.5 Å². The van der Waals surface area contributed by atoms with Crippen LogP contribution in [-0.2, 0) is 10.8 Å². The second-order valence-corrected chi connectivity index (χ2v) is 16.9. The quantitative estimate of drug-likeness (QED) is 0.165. The van der Waals surface area contributed by atoms with Gasteiger partial charge in [-0.15, -0.1) is 0 Å². The third-order valence-corrected chi connectivity index (χ3v) is 13.7. The van der Waals surface area contributed by atoms with Crippen molar-refractivity contribution in [3.8, 4) is 39.1 Å². The van der Waals surface area contributed by atoms with Crippen molar-refractivity contribution >= 4 is 17.1 Å². The third-order valence-electron chi connectivity index (χ3n) is 13.7. The van der Waals surface area contributed by atoms with Crippen LogP contribution in [0.1, 0.15) is 44.5 Å². The Balaban J connectivity index is 1.13. The van der Waals surface area contributed by atoms with Crippen molar-refractivity contribution in [3.05, 3.63) is 299 Å². The molecule has 1 unspecified atom stereocenters. The molecule has 0 heterocycles. The molecule has 2 aliphatic rings. The number of hydrogen-bond acceptors (Lipinski definition) is 2. The van der Waals surface area contributed by atoms with Crippen LogP contribution < -0.4 is 4.90 Å². The Bertz CT molecular complexity index is 3270. The summed E-state index contributed by atoms with van der Waals surface area (Å²) in [5, 5.41) is 10.6. The first kappa shape index (κ1) is 37.6. The number of anilines is 3. The van der Waals surface area contributed by atoms with E-state index >= 15 is 0 Å². The number of phenols is 1. The van der Waals surface area contributed by atoms with E-state index in [1.54, 1.807) is 0 Å². The maximum absolute atomic E-state index is 10.6. The molecule has 0 amide bonds. The van der Waals surface area contributed by atoms with Gasteiger partial charge >= 0.3 is 0 Å². The van der Waals surface area contributed by atoms with Crippen molar-refractivity contribution in [1.82, 2.24) is 0 Å². The standard InChI is InChI=1S/C62H43NO/c64-52-37-31-48(32-38-52)62(47-23-11-4-12-24-47)58-28-16-14-26-54(58)56-40-36-51(42-60(56)62)63(49-33-29-44(30-34-49)43-17-5-1-6-18-43)50-35-39-55-53-25-13-15-27-57(53)61(59(55)41-50,45-19-7-2-8-20-45)46-21-9-3-10-22-46/h1-42,64H. The fourth-order valence-electron chi connectivity index (χ4n) is 11.0. The molecule has 0 spiro atoms. The molecule has 0 fully saturated rings. The predicted octanol–water partition coefficient (Wildman–Crippen LogP) is 15.3. The molecule has 0 radical (unpaired) electrons. The third kappa shape index (κ3) is 5.59. The Morgan fingerprint density at radius 2 is 0.609 bits per heavy atom. The molecule has 302 valence electrons. The number of phenolic OH excluding ortho intramolecular Hbond substituents is 1. The van der Waals surface area contributed by atoms with Crippen LogP contribution in [-0.4, -0.2) is 5.11 Å². The van der Waals surface area contributed by atoms with Gasteiger partial charge in [0.2, 0.25) is 0 Å².